The van der Waals surface area contributed by atoms with E-state index < -0.39 is 5.97 Å². The van der Waals surface area contributed by atoms with Crippen molar-refractivity contribution >= 4 is 5.97 Å². The maximum atomic E-state index is 11.7. The van der Waals surface area contributed by atoms with Gasteiger partial charge in [0.15, 0.2) is 5.69 Å². The third-order valence-electron chi connectivity index (χ3n) is 3.24. The summed E-state index contributed by atoms with van der Waals surface area (Å²) in [4.78, 5) is 11.7. The summed E-state index contributed by atoms with van der Waals surface area (Å²) < 4.78 is 6.45. The molecule has 0 unspecified atom stereocenters. The number of aromatic nitrogens is 3. The van der Waals surface area contributed by atoms with Gasteiger partial charge in [0.2, 0.25) is 0 Å². The van der Waals surface area contributed by atoms with Gasteiger partial charge in [-0.2, -0.15) is 0 Å². The van der Waals surface area contributed by atoms with Gasteiger partial charge in [0.1, 0.15) is 0 Å². The van der Waals surface area contributed by atoms with Crippen molar-refractivity contribution in [1.82, 2.24) is 15.0 Å². The van der Waals surface area contributed by atoms with Crippen LogP contribution in [0.1, 0.15) is 47.1 Å². The Morgan fingerprint density at radius 1 is 1.29 bits per heavy atom. The molecule has 2 aromatic rings. The van der Waals surface area contributed by atoms with Crippen LogP contribution in [0.15, 0.2) is 24.3 Å². The highest BCUT2D eigenvalue weighted by Gasteiger charge is 2.22. The molecule has 0 saturated heterocycles. The largest absolute Gasteiger partial charge is 0.464 e. The van der Waals surface area contributed by atoms with Crippen molar-refractivity contribution in [2.75, 3.05) is 7.11 Å². The first-order valence-corrected chi connectivity index (χ1v) is 6.77. The Morgan fingerprint density at radius 3 is 2.43 bits per heavy atom. The molecule has 0 amide bonds. The first-order valence-electron chi connectivity index (χ1n) is 6.77. The van der Waals surface area contributed by atoms with E-state index >= 15 is 0 Å². The van der Waals surface area contributed by atoms with Crippen LogP contribution in [0.3, 0.4) is 0 Å². The van der Waals surface area contributed by atoms with Crippen molar-refractivity contribution in [3.63, 3.8) is 0 Å². The quantitative estimate of drug-likeness (QED) is 0.848. The van der Waals surface area contributed by atoms with Crippen LogP contribution < -0.4 is 0 Å². The highest BCUT2D eigenvalue weighted by atomic mass is 16.5. The second-order valence-electron chi connectivity index (χ2n) is 5.10. The summed E-state index contributed by atoms with van der Waals surface area (Å²) in [5.74, 6) is -0.369. The summed E-state index contributed by atoms with van der Waals surface area (Å²) in [6.45, 7) is 4.50. The van der Waals surface area contributed by atoms with Crippen LogP contribution in [0, 0.1) is 0 Å². The van der Waals surface area contributed by atoms with Crippen molar-refractivity contribution in [3.8, 4) is 0 Å². The average molecular weight is 289 g/mol. The topological polar surface area (TPSA) is 77.2 Å². The smallest absolute Gasteiger partial charge is 0.360 e. The summed E-state index contributed by atoms with van der Waals surface area (Å²) in [6.07, 6.45) is 0. The molecular formula is C15H19N3O3. The van der Waals surface area contributed by atoms with Gasteiger partial charge in [0, 0.05) is 0 Å². The number of methoxy groups -OCH3 is 1. The minimum absolute atomic E-state index is 0.0212. The number of aliphatic hydroxyl groups excluding tert-OH is 1. The molecule has 0 aliphatic rings. The Morgan fingerprint density at radius 2 is 1.90 bits per heavy atom. The summed E-state index contributed by atoms with van der Waals surface area (Å²) in [5.41, 5.74) is 2.90. The molecule has 1 heterocycles. The van der Waals surface area contributed by atoms with E-state index in [9.17, 15) is 4.79 Å². The monoisotopic (exact) mass is 289 g/mol. The molecule has 6 nitrogen and oxygen atoms in total. The highest BCUT2D eigenvalue weighted by molar-refractivity contribution is 5.88. The van der Waals surface area contributed by atoms with Crippen LogP contribution in [-0.4, -0.2) is 33.2 Å². The van der Waals surface area contributed by atoms with Gasteiger partial charge in [0.05, 0.1) is 26.0 Å². The SMILES string of the molecule is COC(=O)c1nnn(Cc2ccc(CO)cc2)c1C(C)C. The molecule has 0 bridgehead atoms. The van der Waals surface area contributed by atoms with E-state index in [1.165, 1.54) is 7.11 Å². The lowest BCUT2D eigenvalue weighted by Gasteiger charge is -2.10. The number of hydrogen-bond acceptors (Lipinski definition) is 5. The second kappa shape index (κ2) is 6.49. The van der Waals surface area contributed by atoms with E-state index in [1.807, 2.05) is 38.1 Å². The van der Waals surface area contributed by atoms with Gasteiger partial charge in [-0.05, 0) is 17.0 Å². The predicted octanol–water partition coefficient (Wildman–Crippen LogP) is 1.73. The molecule has 0 radical (unpaired) electrons. The van der Waals surface area contributed by atoms with E-state index in [0.717, 1.165) is 16.8 Å². The van der Waals surface area contributed by atoms with Gasteiger partial charge in [-0.25, -0.2) is 9.48 Å². The van der Waals surface area contributed by atoms with Crippen LogP contribution >= 0.6 is 0 Å². The predicted molar refractivity (Wildman–Crippen MR) is 76.9 cm³/mol. The molecule has 1 aromatic heterocycles. The van der Waals surface area contributed by atoms with E-state index in [0.29, 0.717) is 6.54 Å². The number of rotatable bonds is 5. The molecule has 0 saturated carbocycles. The molecule has 21 heavy (non-hydrogen) atoms. The minimum atomic E-state index is -0.472. The van der Waals surface area contributed by atoms with Crippen LogP contribution in [0.4, 0.5) is 0 Å². The molecule has 0 atom stereocenters. The number of benzene rings is 1. The van der Waals surface area contributed by atoms with Crippen molar-refractivity contribution in [3.05, 3.63) is 46.8 Å². The van der Waals surface area contributed by atoms with Crippen LogP contribution in [0.2, 0.25) is 0 Å². The standard InChI is InChI=1S/C15H19N3O3/c1-10(2)14-13(15(20)21-3)16-17-18(14)8-11-4-6-12(9-19)7-5-11/h4-7,10,19H,8-9H2,1-3H3. The molecule has 1 N–H and O–H groups in total. The zero-order valence-corrected chi connectivity index (χ0v) is 12.4. The fourth-order valence-electron chi connectivity index (χ4n) is 2.17. The van der Waals surface area contributed by atoms with E-state index in [2.05, 4.69) is 10.3 Å². The van der Waals surface area contributed by atoms with Gasteiger partial charge in [-0.3, -0.25) is 0 Å². The number of aliphatic hydroxyl groups is 1. The molecule has 1 aromatic carbocycles. The van der Waals surface area contributed by atoms with Crippen LogP contribution in [0.5, 0.6) is 0 Å². The third kappa shape index (κ3) is 3.28. The van der Waals surface area contributed by atoms with Gasteiger partial charge in [-0.1, -0.05) is 43.3 Å². The Hall–Kier alpha value is -2.21. The zero-order valence-electron chi connectivity index (χ0n) is 12.4. The Labute approximate surface area is 123 Å². The van der Waals surface area contributed by atoms with E-state index in [4.69, 9.17) is 9.84 Å². The lowest BCUT2D eigenvalue weighted by atomic mass is 10.1. The summed E-state index contributed by atoms with van der Waals surface area (Å²) in [7, 11) is 1.33. The summed E-state index contributed by atoms with van der Waals surface area (Å²) in [6, 6.07) is 7.58. The second-order valence-corrected chi connectivity index (χ2v) is 5.10. The number of carbonyl (C=O) groups is 1. The maximum Gasteiger partial charge on any atom is 0.360 e. The summed E-state index contributed by atoms with van der Waals surface area (Å²) in [5, 5.41) is 17.0. The van der Waals surface area contributed by atoms with Crippen molar-refractivity contribution < 1.29 is 14.6 Å². The Kier molecular flexibility index (Phi) is 4.70. The van der Waals surface area contributed by atoms with E-state index in [-0.39, 0.29) is 18.2 Å². The molecule has 2 rings (SSSR count). The van der Waals surface area contributed by atoms with Crippen LogP contribution in [-0.2, 0) is 17.9 Å². The molecule has 0 fully saturated rings. The fourth-order valence-corrected chi connectivity index (χ4v) is 2.17. The molecule has 0 spiro atoms. The van der Waals surface area contributed by atoms with E-state index in [1.54, 1.807) is 4.68 Å². The Balaban J connectivity index is 2.30. The van der Waals surface area contributed by atoms with Crippen molar-refractivity contribution in [2.45, 2.75) is 32.9 Å². The first kappa shape index (κ1) is 15.2. The maximum absolute atomic E-state index is 11.7. The number of carbonyl (C=O) groups excluding carboxylic acids is 1. The first-order chi connectivity index (χ1) is 10.1. The Bertz CT molecular complexity index is 618. The number of nitrogens with zero attached hydrogens (tertiary/aromatic N) is 3. The lowest BCUT2D eigenvalue weighted by molar-refractivity contribution is 0.0592. The molecule has 112 valence electrons. The normalized spacial score (nSPS) is 10.9. The minimum Gasteiger partial charge on any atom is -0.464 e. The molecule has 0 aliphatic heterocycles. The van der Waals surface area contributed by atoms with Crippen LogP contribution in [0.25, 0.3) is 0 Å². The van der Waals surface area contributed by atoms with Crippen molar-refractivity contribution in [2.24, 2.45) is 0 Å². The van der Waals surface area contributed by atoms with Gasteiger partial charge >= 0.3 is 5.97 Å². The number of esters is 1. The lowest BCUT2D eigenvalue weighted by Crippen LogP contribution is -2.12. The van der Waals surface area contributed by atoms with Gasteiger partial charge in [-0.15, -0.1) is 5.10 Å². The zero-order chi connectivity index (χ0) is 15.4. The molecule has 6 heteroatoms. The third-order valence-corrected chi connectivity index (χ3v) is 3.24. The van der Waals surface area contributed by atoms with Crippen molar-refractivity contribution in [1.29, 1.82) is 0 Å². The number of ether oxygens (including phenoxy) is 1. The van der Waals surface area contributed by atoms with Gasteiger partial charge < -0.3 is 9.84 Å². The molecule has 0 aliphatic carbocycles. The summed E-state index contributed by atoms with van der Waals surface area (Å²) >= 11 is 0. The molecular weight excluding hydrogens is 270 g/mol. The fraction of sp³-hybridized carbons (Fsp3) is 0.400. The van der Waals surface area contributed by atoms with Gasteiger partial charge in [0.25, 0.3) is 0 Å². The average Bonchev–Trinajstić information content (AvgIpc) is 2.91. The highest BCUT2D eigenvalue weighted by Crippen LogP contribution is 2.19. The number of hydrogen-bond donors (Lipinski definition) is 1.